The highest BCUT2D eigenvalue weighted by atomic mass is 16.4. The van der Waals surface area contributed by atoms with E-state index in [1.165, 1.54) is 50.5 Å². The van der Waals surface area contributed by atoms with Crippen molar-refractivity contribution in [2.75, 3.05) is 11.9 Å². The second-order valence-electron chi connectivity index (χ2n) is 11.7. The number of carboxylic acid groups (broad SMARTS) is 1. The first-order valence-electron chi connectivity index (χ1n) is 14.0. The minimum absolute atomic E-state index is 0.224. The molecule has 0 spiro atoms. The molecule has 0 aliphatic heterocycles. The number of anilines is 1. The monoisotopic (exact) mass is 504 g/mol. The van der Waals surface area contributed by atoms with Gasteiger partial charge in [0.05, 0.1) is 0 Å². The van der Waals surface area contributed by atoms with Crippen molar-refractivity contribution in [3.05, 3.63) is 29.7 Å². The SMILES string of the molecule is CC1CCC(Cn2c(-c3cc(C(C)C)ccn3)nc3nc(C(=O)O)nc(NC[C@H](C)C4CCC4)c32)CC1. The zero-order valence-corrected chi connectivity index (χ0v) is 22.6. The van der Waals surface area contributed by atoms with Gasteiger partial charge in [0, 0.05) is 19.3 Å². The Morgan fingerprint density at radius 1 is 1.11 bits per heavy atom. The van der Waals surface area contributed by atoms with E-state index in [-0.39, 0.29) is 5.82 Å². The summed E-state index contributed by atoms with van der Waals surface area (Å²) >= 11 is 0. The van der Waals surface area contributed by atoms with E-state index in [9.17, 15) is 9.90 Å². The van der Waals surface area contributed by atoms with E-state index in [0.29, 0.717) is 29.2 Å². The number of aromatic carboxylic acids is 1. The molecule has 3 aromatic rings. The van der Waals surface area contributed by atoms with Crippen LogP contribution in [0.5, 0.6) is 0 Å². The fourth-order valence-corrected chi connectivity index (χ4v) is 5.76. The van der Waals surface area contributed by atoms with Gasteiger partial charge in [-0.2, -0.15) is 0 Å². The predicted octanol–water partition coefficient (Wildman–Crippen LogP) is 6.38. The van der Waals surface area contributed by atoms with Gasteiger partial charge in [-0.1, -0.05) is 59.8 Å². The number of imidazole rings is 1. The summed E-state index contributed by atoms with van der Waals surface area (Å²) < 4.78 is 2.21. The van der Waals surface area contributed by atoms with Crippen molar-refractivity contribution >= 4 is 23.0 Å². The molecule has 3 heterocycles. The second kappa shape index (κ2) is 10.8. The van der Waals surface area contributed by atoms with Gasteiger partial charge in [-0.3, -0.25) is 4.98 Å². The molecular formula is C29H40N6O2. The molecule has 0 bridgehead atoms. The summed E-state index contributed by atoms with van der Waals surface area (Å²) in [6.07, 6.45) is 10.5. The maximum absolute atomic E-state index is 11.9. The first kappa shape index (κ1) is 25.6. The lowest BCUT2D eigenvalue weighted by Crippen LogP contribution is -2.26. The third-order valence-corrected chi connectivity index (χ3v) is 8.60. The molecule has 37 heavy (non-hydrogen) atoms. The summed E-state index contributed by atoms with van der Waals surface area (Å²) in [7, 11) is 0. The second-order valence-corrected chi connectivity index (χ2v) is 11.7. The molecule has 3 aromatic heterocycles. The number of nitrogens with zero attached hydrogens (tertiary/aromatic N) is 5. The Balaban J connectivity index is 1.61. The standard InChI is InChI=1S/C29H40N6O2/c1-17(2)22-12-13-30-23(14-22)28-34-26-24(35(28)16-20-10-8-18(3)9-11-20)25(32-27(33-26)29(36)37)31-15-19(4)21-6-5-7-21/h12-14,17-21H,5-11,15-16H2,1-4H3,(H,36,37)(H,31,32,33)/t18?,19-,20?/m0/s1. The van der Waals surface area contributed by atoms with Crippen LogP contribution in [0.2, 0.25) is 0 Å². The van der Waals surface area contributed by atoms with E-state index >= 15 is 0 Å². The van der Waals surface area contributed by atoms with Crippen LogP contribution < -0.4 is 5.32 Å². The van der Waals surface area contributed by atoms with Crippen LogP contribution in [-0.4, -0.2) is 42.1 Å². The van der Waals surface area contributed by atoms with E-state index in [1.54, 1.807) is 0 Å². The van der Waals surface area contributed by atoms with Gasteiger partial charge in [0.2, 0.25) is 5.82 Å². The van der Waals surface area contributed by atoms with Crippen LogP contribution in [-0.2, 0) is 6.54 Å². The van der Waals surface area contributed by atoms with Crippen LogP contribution >= 0.6 is 0 Å². The van der Waals surface area contributed by atoms with Gasteiger partial charge in [0.1, 0.15) is 11.2 Å². The molecule has 2 aliphatic carbocycles. The Morgan fingerprint density at radius 3 is 2.51 bits per heavy atom. The van der Waals surface area contributed by atoms with Crippen molar-refractivity contribution in [2.24, 2.45) is 23.7 Å². The maximum Gasteiger partial charge on any atom is 0.374 e. The minimum atomic E-state index is -1.14. The highest BCUT2D eigenvalue weighted by Gasteiger charge is 2.28. The van der Waals surface area contributed by atoms with Crippen LogP contribution in [0.15, 0.2) is 18.3 Å². The molecule has 0 unspecified atom stereocenters. The summed E-state index contributed by atoms with van der Waals surface area (Å²) in [4.78, 5) is 30.4. The average Bonchev–Trinajstić information content (AvgIpc) is 3.21. The molecular weight excluding hydrogens is 464 g/mol. The number of hydrogen-bond acceptors (Lipinski definition) is 6. The average molecular weight is 505 g/mol. The topological polar surface area (TPSA) is 106 Å². The fraction of sp³-hybridized carbons (Fsp3) is 0.621. The van der Waals surface area contributed by atoms with Crippen molar-refractivity contribution in [3.63, 3.8) is 0 Å². The van der Waals surface area contributed by atoms with Crippen molar-refractivity contribution in [1.82, 2.24) is 24.5 Å². The number of rotatable bonds is 9. The molecule has 0 amide bonds. The first-order chi connectivity index (χ1) is 17.8. The molecule has 0 aromatic carbocycles. The van der Waals surface area contributed by atoms with Gasteiger partial charge in [-0.05, 0) is 60.1 Å². The zero-order chi connectivity index (χ0) is 26.1. The molecule has 0 saturated heterocycles. The lowest BCUT2D eigenvalue weighted by atomic mass is 9.77. The lowest BCUT2D eigenvalue weighted by Gasteiger charge is -2.31. The number of aromatic nitrogens is 5. The molecule has 5 rings (SSSR count). The Labute approximate surface area is 219 Å². The third kappa shape index (κ3) is 5.48. The first-order valence-corrected chi connectivity index (χ1v) is 14.0. The zero-order valence-electron chi connectivity index (χ0n) is 22.6. The van der Waals surface area contributed by atoms with E-state index in [1.807, 2.05) is 12.3 Å². The normalized spacial score (nSPS) is 21.2. The molecule has 2 N–H and O–H groups in total. The molecule has 2 fully saturated rings. The quantitative estimate of drug-likeness (QED) is 0.348. The number of pyridine rings is 1. The van der Waals surface area contributed by atoms with Gasteiger partial charge in [-0.25, -0.2) is 19.7 Å². The lowest BCUT2D eigenvalue weighted by molar-refractivity contribution is 0.0684. The largest absolute Gasteiger partial charge is 0.475 e. The van der Waals surface area contributed by atoms with Gasteiger partial charge in [0.15, 0.2) is 17.3 Å². The summed E-state index contributed by atoms with van der Waals surface area (Å²) in [5.41, 5.74) is 3.19. The van der Waals surface area contributed by atoms with Crippen LogP contribution in [0.25, 0.3) is 22.7 Å². The Morgan fingerprint density at radius 2 is 1.86 bits per heavy atom. The van der Waals surface area contributed by atoms with Crippen LogP contribution in [0.3, 0.4) is 0 Å². The van der Waals surface area contributed by atoms with Gasteiger partial charge in [-0.15, -0.1) is 0 Å². The Hall–Kier alpha value is -3.03. The summed E-state index contributed by atoms with van der Waals surface area (Å²) in [6.45, 7) is 10.5. The van der Waals surface area contributed by atoms with Gasteiger partial charge < -0.3 is 15.0 Å². The van der Waals surface area contributed by atoms with Crippen molar-refractivity contribution < 1.29 is 9.90 Å². The summed E-state index contributed by atoms with van der Waals surface area (Å²) in [5.74, 6) is 2.81. The highest BCUT2D eigenvalue weighted by molar-refractivity contribution is 5.92. The maximum atomic E-state index is 11.9. The molecule has 2 aliphatic rings. The van der Waals surface area contributed by atoms with E-state index in [0.717, 1.165) is 42.0 Å². The number of nitrogens with one attached hydrogen (secondary N) is 1. The van der Waals surface area contributed by atoms with Crippen molar-refractivity contribution in [3.8, 4) is 11.5 Å². The van der Waals surface area contributed by atoms with Crippen LogP contribution in [0, 0.1) is 23.7 Å². The molecule has 1 atom stereocenters. The van der Waals surface area contributed by atoms with Gasteiger partial charge >= 0.3 is 5.97 Å². The molecule has 8 heteroatoms. The number of hydrogen-bond donors (Lipinski definition) is 2. The molecule has 198 valence electrons. The van der Waals surface area contributed by atoms with E-state index in [2.05, 4.69) is 58.6 Å². The third-order valence-electron chi connectivity index (χ3n) is 8.60. The molecule has 0 radical (unpaired) electrons. The van der Waals surface area contributed by atoms with Crippen LogP contribution in [0.1, 0.15) is 94.7 Å². The predicted molar refractivity (Wildman–Crippen MR) is 146 cm³/mol. The Kier molecular flexibility index (Phi) is 7.45. The molecule has 2 saturated carbocycles. The van der Waals surface area contributed by atoms with E-state index < -0.39 is 5.97 Å². The van der Waals surface area contributed by atoms with Gasteiger partial charge in [0.25, 0.3) is 0 Å². The van der Waals surface area contributed by atoms with Crippen LogP contribution in [0.4, 0.5) is 5.82 Å². The number of carbonyl (C=O) groups is 1. The summed E-state index contributed by atoms with van der Waals surface area (Å²) in [5, 5.41) is 13.3. The molecule has 8 nitrogen and oxygen atoms in total. The smallest absolute Gasteiger partial charge is 0.374 e. The van der Waals surface area contributed by atoms with Crippen molar-refractivity contribution in [2.45, 2.75) is 85.1 Å². The van der Waals surface area contributed by atoms with Crippen molar-refractivity contribution in [1.29, 1.82) is 0 Å². The summed E-state index contributed by atoms with van der Waals surface area (Å²) in [6, 6.07) is 4.14. The Bertz CT molecular complexity index is 1260. The minimum Gasteiger partial charge on any atom is -0.475 e. The number of fused-ring (bicyclic) bond motifs is 1. The highest BCUT2D eigenvalue weighted by Crippen LogP contribution is 2.36. The fourth-order valence-electron chi connectivity index (χ4n) is 5.76. The number of carboxylic acids is 1. The van der Waals surface area contributed by atoms with E-state index in [4.69, 9.17) is 4.98 Å².